The fourth-order valence-corrected chi connectivity index (χ4v) is 5.33. The predicted octanol–water partition coefficient (Wildman–Crippen LogP) is 3.65. The van der Waals surface area contributed by atoms with E-state index in [1.54, 1.807) is 35.2 Å². The first kappa shape index (κ1) is 18.6. The number of carbonyl (C=O) groups excluding carboxylic acids is 1. The molecule has 1 amide bonds. The van der Waals surface area contributed by atoms with Crippen molar-refractivity contribution >= 4 is 15.7 Å². The lowest BCUT2D eigenvalue weighted by molar-refractivity contribution is -0.133. The normalized spacial score (nSPS) is 18.7. The van der Waals surface area contributed by atoms with Crippen LogP contribution in [0.5, 0.6) is 0 Å². The van der Waals surface area contributed by atoms with Crippen molar-refractivity contribution in [2.24, 2.45) is 0 Å². The Morgan fingerprint density at radius 1 is 1.08 bits per heavy atom. The second-order valence-corrected chi connectivity index (χ2v) is 8.83. The average Bonchev–Trinajstić information content (AvgIpc) is 3.11. The number of sulfone groups is 1. The molecule has 1 aliphatic heterocycles. The third kappa shape index (κ3) is 3.98. The second kappa shape index (κ2) is 8.04. The van der Waals surface area contributed by atoms with Gasteiger partial charge in [-0.2, -0.15) is 0 Å². The minimum Gasteiger partial charge on any atom is -0.338 e. The van der Waals surface area contributed by atoms with Gasteiger partial charge in [0.2, 0.25) is 5.91 Å². The van der Waals surface area contributed by atoms with Gasteiger partial charge in [-0.1, -0.05) is 55.5 Å². The first-order valence-electron chi connectivity index (χ1n) is 9.16. The largest absolute Gasteiger partial charge is 0.338 e. The lowest BCUT2D eigenvalue weighted by Gasteiger charge is -2.28. The minimum atomic E-state index is -3.40. The van der Waals surface area contributed by atoms with E-state index >= 15 is 0 Å². The van der Waals surface area contributed by atoms with Gasteiger partial charge in [0.05, 0.1) is 16.6 Å². The Balaban J connectivity index is 1.78. The summed E-state index contributed by atoms with van der Waals surface area (Å²) in [6.45, 7) is 2.64. The zero-order valence-electron chi connectivity index (χ0n) is 15.0. The Labute approximate surface area is 155 Å². The van der Waals surface area contributed by atoms with E-state index in [1.807, 2.05) is 37.3 Å². The first-order chi connectivity index (χ1) is 12.5. The molecule has 3 rings (SSSR count). The Bertz CT molecular complexity index is 834. The molecule has 26 heavy (non-hydrogen) atoms. The summed E-state index contributed by atoms with van der Waals surface area (Å²) in [5.74, 6) is -0.172. The van der Waals surface area contributed by atoms with Gasteiger partial charge in [-0.15, -0.1) is 0 Å². The number of benzene rings is 2. The third-order valence-electron chi connectivity index (χ3n) is 5.08. The SMILES string of the molecule is CCC(C(=O)N1CCCC1CS(=O)(=O)c1ccccc1)c1ccccc1. The zero-order chi connectivity index (χ0) is 18.6. The van der Waals surface area contributed by atoms with Crippen molar-refractivity contribution in [1.29, 1.82) is 0 Å². The molecule has 1 heterocycles. The van der Waals surface area contributed by atoms with E-state index < -0.39 is 9.84 Å². The standard InChI is InChI=1S/C21H25NO3S/c1-2-20(17-10-5-3-6-11-17)21(23)22-15-9-12-18(22)16-26(24,25)19-13-7-4-8-14-19/h3-8,10-11,13-14,18,20H,2,9,12,15-16H2,1H3. The fourth-order valence-electron chi connectivity index (χ4n) is 3.71. The average molecular weight is 372 g/mol. The van der Waals surface area contributed by atoms with Crippen LogP contribution in [0.15, 0.2) is 65.6 Å². The molecular formula is C21H25NO3S. The van der Waals surface area contributed by atoms with Crippen molar-refractivity contribution < 1.29 is 13.2 Å². The van der Waals surface area contributed by atoms with E-state index in [0.717, 1.165) is 18.4 Å². The van der Waals surface area contributed by atoms with Gasteiger partial charge in [-0.3, -0.25) is 4.79 Å². The monoisotopic (exact) mass is 371 g/mol. The van der Waals surface area contributed by atoms with Crippen molar-refractivity contribution in [2.75, 3.05) is 12.3 Å². The van der Waals surface area contributed by atoms with Crippen molar-refractivity contribution in [1.82, 2.24) is 4.90 Å². The van der Waals surface area contributed by atoms with Crippen molar-refractivity contribution in [3.05, 3.63) is 66.2 Å². The highest BCUT2D eigenvalue weighted by atomic mass is 32.2. The molecule has 0 saturated carbocycles. The summed E-state index contributed by atoms with van der Waals surface area (Å²) in [4.78, 5) is 15.3. The molecule has 5 heteroatoms. The Hall–Kier alpha value is -2.14. The van der Waals surface area contributed by atoms with Crippen LogP contribution in [0, 0.1) is 0 Å². The highest BCUT2D eigenvalue weighted by Gasteiger charge is 2.35. The van der Waals surface area contributed by atoms with Crippen LogP contribution in [-0.2, 0) is 14.6 Å². The molecule has 4 nitrogen and oxygen atoms in total. The molecule has 2 unspecified atom stereocenters. The molecule has 2 aromatic rings. The molecule has 1 aliphatic rings. The van der Waals surface area contributed by atoms with Crippen LogP contribution in [0.4, 0.5) is 0 Å². The molecule has 0 bridgehead atoms. The summed E-state index contributed by atoms with van der Waals surface area (Å²) in [6, 6.07) is 18.0. The molecule has 0 spiro atoms. The number of carbonyl (C=O) groups is 1. The highest BCUT2D eigenvalue weighted by molar-refractivity contribution is 7.91. The number of nitrogens with zero attached hydrogens (tertiary/aromatic N) is 1. The van der Waals surface area contributed by atoms with Crippen molar-refractivity contribution in [2.45, 2.75) is 43.0 Å². The summed E-state index contributed by atoms with van der Waals surface area (Å²) in [6.07, 6.45) is 2.30. The molecule has 0 N–H and O–H groups in total. The minimum absolute atomic E-state index is 0.00597. The molecule has 1 saturated heterocycles. The summed E-state index contributed by atoms with van der Waals surface area (Å²) in [5.41, 5.74) is 0.997. The van der Waals surface area contributed by atoms with Crippen LogP contribution in [0.2, 0.25) is 0 Å². The molecule has 1 fully saturated rings. The van der Waals surface area contributed by atoms with Gasteiger partial charge >= 0.3 is 0 Å². The molecule has 138 valence electrons. The molecule has 0 aliphatic carbocycles. The zero-order valence-corrected chi connectivity index (χ0v) is 15.9. The number of likely N-dealkylation sites (tertiary alicyclic amines) is 1. The van der Waals surface area contributed by atoms with Gasteiger partial charge in [0.1, 0.15) is 0 Å². The summed E-state index contributed by atoms with van der Waals surface area (Å²) in [5, 5.41) is 0. The van der Waals surface area contributed by atoms with E-state index in [0.29, 0.717) is 17.9 Å². The van der Waals surface area contributed by atoms with Gasteiger partial charge in [0, 0.05) is 12.6 Å². The smallest absolute Gasteiger partial charge is 0.230 e. The van der Waals surface area contributed by atoms with Crippen molar-refractivity contribution in [3.8, 4) is 0 Å². The Morgan fingerprint density at radius 3 is 2.31 bits per heavy atom. The Kier molecular flexibility index (Phi) is 5.77. The summed E-state index contributed by atoms with van der Waals surface area (Å²) < 4.78 is 25.5. The third-order valence-corrected chi connectivity index (χ3v) is 6.90. The van der Waals surface area contributed by atoms with Crippen LogP contribution >= 0.6 is 0 Å². The number of hydrogen-bond donors (Lipinski definition) is 0. The van der Waals surface area contributed by atoms with Crippen LogP contribution < -0.4 is 0 Å². The lowest BCUT2D eigenvalue weighted by atomic mass is 9.95. The second-order valence-electron chi connectivity index (χ2n) is 6.79. The van der Waals surface area contributed by atoms with Gasteiger partial charge in [0.25, 0.3) is 0 Å². The van der Waals surface area contributed by atoms with Crippen LogP contribution in [0.1, 0.15) is 37.7 Å². The number of hydrogen-bond acceptors (Lipinski definition) is 3. The quantitative estimate of drug-likeness (QED) is 0.779. The van der Waals surface area contributed by atoms with Crippen LogP contribution in [-0.4, -0.2) is 37.6 Å². The van der Waals surface area contributed by atoms with Gasteiger partial charge in [-0.25, -0.2) is 8.42 Å². The van der Waals surface area contributed by atoms with E-state index in [2.05, 4.69) is 0 Å². The molecule has 2 atom stereocenters. The van der Waals surface area contributed by atoms with Gasteiger partial charge in [0.15, 0.2) is 9.84 Å². The lowest BCUT2D eigenvalue weighted by Crippen LogP contribution is -2.42. The van der Waals surface area contributed by atoms with E-state index in [4.69, 9.17) is 0 Å². The maximum Gasteiger partial charge on any atom is 0.230 e. The Morgan fingerprint density at radius 2 is 1.69 bits per heavy atom. The van der Waals surface area contributed by atoms with Gasteiger partial charge < -0.3 is 4.90 Å². The maximum absolute atomic E-state index is 13.1. The summed E-state index contributed by atoms with van der Waals surface area (Å²) >= 11 is 0. The first-order valence-corrected chi connectivity index (χ1v) is 10.8. The predicted molar refractivity (Wildman–Crippen MR) is 103 cm³/mol. The molecule has 0 radical (unpaired) electrons. The maximum atomic E-state index is 13.1. The number of amides is 1. The van der Waals surface area contributed by atoms with Crippen molar-refractivity contribution in [3.63, 3.8) is 0 Å². The van der Waals surface area contributed by atoms with Crippen LogP contribution in [0.25, 0.3) is 0 Å². The molecular weight excluding hydrogens is 346 g/mol. The summed E-state index contributed by atoms with van der Waals surface area (Å²) in [7, 11) is -3.40. The molecule has 2 aromatic carbocycles. The fraction of sp³-hybridized carbons (Fsp3) is 0.381. The molecule has 0 aromatic heterocycles. The highest BCUT2D eigenvalue weighted by Crippen LogP contribution is 2.28. The van der Waals surface area contributed by atoms with Crippen LogP contribution in [0.3, 0.4) is 0 Å². The van der Waals surface area contributed by atoms with Gasteiger partial charge in [-0.05, 0) is 37.0 Å². The van der Waals surface area contributed by atoms with E-state index in [9.17, 15) is 13.2 Å². The number of rotatable bonds is 6. The van der Waals surface area contributed by atoms with E-state index in [1.165, 1.54) is 0 Å². The topological polar surface area (TPSA) is 54.5 Å². The van der Waals surface area contributed by atoms with E-state index in [-0.39, 0.29) is 23.6 Å².